The third-order valence-electron chi connectivity index (χ3n) is 6.55. The Bertz CT molecular complexity index is 1570. The molecule has 0 spiro atoms. The molecule has 4 aromatic heterocycles. The number of aromatic nitrogens is 6. The number of rotatable bonds is 8. The highest BCUT2D eigenvalue weighted by Crippen LogP contribution is 2.28. The molecular weight excluding hydrogens is 529 g/mol. The van der Waals surface area contributed by atoms with Crippen molar-refractivity contribution in [1.29, 1.82) is 0 Å². The Balaban J connectivity index is 0.000000274. The summed E-state index contributed by atoms with van der Waals surface area (Å²) in [6, 6.07) is 7.83. The fourth-order valence-corrected chi connectivity index (χ4v) is 5.29. The minimum absolute atomic E-state index is 0.355. The van der Waals surface area contributed by atoms with Gasteiger partial charge in [0, 0.05) is 36.7 Å². The number of anilines is 3. The first-order chi connectivity index (χ1) is 19.5. The van der Waals surface area contributed by atoms with E-state index in [2.05, 4.69) is 47.4 Å². The van der Waals surface area contributed by atoms with E-state index in [9.17, 15) is 9.18 Å². The second-order valence-electron chi connectivity index (χ2n) is 9.57. The van der Waals surface area contributed by atoms with Gasteiger partial charge in [0.15, 0.2) is 11.5 Å². The molecule has 5 aromatic rings. The Hall–Kier alpha value is -4.16. The summed E-state index contributed by atoms with van der Waals surface area (Å²) in [4.78, 5) is 21.7. The van der Waals surface area contributed by atoms with Crippen LogP contribution >= 0.6 is 11.5 Å². The highest BCUT2D eigenvalue weighted by atomic mass is 32.1. The lowest BCUT2D eigenvalue weighted by atomic mass is 10.1. The number of fused-ring (bicyclic) bond motifs is 1. The fourth-order valence-electron chi connectivity index (χ4n) is 4.63. The van der Waals surface area contributed by atoms with Crippen LogP contribution in [0.1, 0.15) is 37.6 Å². The van der Waals surface area contributed by atoms with Gasteiger partial charge in [-0.15, -0.1) is 0 Å². The van der Waals surface area contributed by atoms with Crippen LogP contribution in [-0.4, -0.2) is 52.9 Å². The van der Waals surface area contributed by atoms with Gasteiger partial charge < -0.3 is 10.6 Å². The average molecular weight is 562 g/mol. The van der Waals surface area contributed by atoms with Crippen LogP contribution in [0, 0.1) is 12.7 Å². The van der Waals surface area contributed by atoms with Gasteiger partial charge in [0.05, 0.1) is 29.5 Å². The number of nitrogens with one attached hydrogen (secondary N) is 2. The van der Waals surface area contributed by atoms with Gasteiger partial charge in [-0.25, -0.2) is 14.4 Å². The Kier molecular flexibility index (Phi) is 8.77. The highest BCUT2D eigenvalue weighted by Gasteiger charge is 2.16. The molecular formula is C28H32FN9OS. The zero-order valence-corrected chi connectivity index (χ0v) is 23.4. The zero-order chi connectivity index (χ0) is 27.9. The number of halogens is 1. The monoisotopic (exact) mass is 561 g/mol. The molecule has 0 bridgehead atoms. The lowest BCUT2D eigenvalue weighted by molar-refractivity contribution is -0.105. The van der Waals surface area contributed by atoms with Gasteiger partial charge in [-0.05, 0) is 75.6 Å². The molecule has 1 saturated heterocycles. The summed E-state index contributed by atoms with van der Waals surface area (Å²) in [7, 11) is 0. The Morgan fingerprint density at radius 3 is 2.73 bits per heavy atom. The number of nitrogens with zero attached hydrogens (tertiary/aromatic N) is 7. The third-order valence-corrected chi connectivity index (χ3v) is 7.29. The third kappa shape index (κ3) is 6.69. The molecule has 1 aliphatic heterocycles. The average Bonchev–Trinajstić information content (AvgIpc) is 3.70. The van der Waals surface area contributed by atoms with Gasteiger partial charge in [-0.2, -0.15) is 9.47 Å². The quantitative estimate of drug-likeness (QED) is 0.241. The lowest BCUT2D eigenvalue weighted by Crippen LogP contribution is -2.29. The molecule has 1 fully saturated rings. The molecule has 6 rings (SSSR count). The van der Waals surface area contributed by atoms with Crippen molar-refractivity contribution in [2.75, 3.05) is 23.7 Å². The van der Waals surface area contributed by atoms with Crippen molar-refractivity contribution >= 4 is 40.1 Å². The molecule has 0 atom stereocenters. The first kappa shape index (κ1) is 27.4. The second kappa shape index (κ2) is 12.8. The molecule has 208 valence electrons. The SMILES string of the molecule is CCn1cc(-c2cnc3c(Nc4cc(CN5CCCCC5)ns4)nc(C)cn23)cn1.O=CNc1cccc(F)c1. The van der Waals surface area contributed by atoms with E-state index in [0.717, 1.165) is 52.2 Å². The van der Waals surface area contributed by atoms with Crippen LogP contribution in [0.25, 0.3) is 16.9 Å². The number of piperidine rings is 1. The Morgan fingerprint density at radius 1 is 1.12 bits per heavy atom. The minimum atomic E-state index is -0.355. The van der Waals surface area contributed by atoms with Crippen molar-refractivity contribution in [2.24, 2.45) is 0 Å². The lowest BCUT2D eigenvalue weighted by Gasteiger charge is -2.25. The van der Waals surface area contributed by atoms with E-state index in [-0.39, 0.29) is 5.82 Å². The maximum absolute atomic E-state index is 12.3. The van der Waals surface area contributed by atoms with Gasteiger partial charge >= 0.3 is 0 Å². The van der Waals surface area contributed by atoms with E-state index >= 15 is 0 Å². The van der Waals surface area contributed by atoms with E-state index in [4.69, 9.17) is 4.98 Å². The molecule has 0 radical (unpaired) electrons. The van der Waals surface area contributed by atoms with Crippen molar-refractivity contribution in [2.45, 2.75) is 46.2 Å². The molecule has 5 heterocycles. The van der Waals surface area contributed by atoms with Crippen molar-refractivity contribution in [3.05, 3.63) is 72.3 Å². The smallest absolute Gasteiger partial charge is 0.211 e. The standard InChI is InChI=1S/C21H26N8S.C7H6FNO/c1-3-28-13-16(10-23-28)18-11-22-21-20(24-15(2)12-29(18)21)25-19-9-17(26-30-19)14-27-7-5-4-6-8-27;8-6-2-1-3-7(4-6)9-5-10/h9-13H,3-8,14H2,1-2H3,(H,24,25);1-5H,(H,9,10). The topological polar surface area (TPSA) is 105 Å². The summed E-state index contributed by atoms with van der Waals surface area (Å²) in [6.07, 6.45) is 12.3. The van der Waals surface area contributed by atoms with Gasteiger partial charge in [-0.3, -0.25) is 18.8 Å². The minimum Gasteiger partial charge on any atom is -0.329 e. The summed E-state index contributed by atoms with van der Waals surface area (Å²) < 4.78 is 21.0. The molecule has 0 unspecified atom stereocenters. The number of amides is 1. The van der Waals surface area contributed by atoms with Gasteiger partial charge in [0.2, 0.25) is 6.41 Å². The highest BCUT2D eigenvalue weighted by molar-refractivity contribution is 7.10. The van der Waals surface area contributed by atoms with E-state index in [1.165, 1.54) is 62.1 Å². The molecule has 0 saturated carbocycles. The predicted molar refractivity (Wildman–Crippen MR) is 155 cm³/mol. The summed E-state index contributed by atoms with van der Waals surface area (Å²) in [6.45, 7) is 8.19. The van der Waals surface area contributed by atoms with Gasteiger partial charge in [0.25, 0.3) is 0 Å². The summed E-state index contributed by atoms with van der Waals surface area (Å²) in [5, 5.41) is 11.2. The normalized spacial score (nSPS) is 13.6. The van der Waals surface area contributed by atoms with Crippen LogP contribution in [0.3, 0.4) is 0 Å². The summed E-state index contributed by atoms with van der Waals surface area (Å²) in [5.74, 6) is 0.393. The number of hydrogen-bond donors (Lipinski definition) is 2. The molecule has 1 aliphatic rings. The van der Waals surface area contributed by atoms with E-state index < -0.39 is 0 Å². The maximum Gasteiger partial charge on any atom is 0.211 e. The van der Waals surface area contributed by atoms with Crippen LogP contribution in [-0.2, 0) is 17.9 Å². The van der Waals surface area contributed by atoms with Crippen LogP contribution in [0.2, 0.25) is 0 Å². The number of likely N-dealkylation sites (tertiary alicyclic amines) is 1. The summed E-state index contributed by atoms with van der Waals surface area (Å²) in [5.41, 5.74) is 5.35. The molecule has 2 N–H and O–H groups in total. The zero-order valence-electron chi connectivity index (χ0n) is 22.5. The van der Waals surface area contributed by atoms with Crippen molar-refractivity contribution in [1.82, 2.24) is 33.4 Å². The second-order valence-corrected chi connectivity index (χ2v) is 10.4. The number of imidazole rings is 1. The largest absolute Gasteiger partial charge is 0.329 e. The van der Waals surface area contributed by atoms with Crippen LogP contribution in [0.15, 0.2) is 55.1 Å². The first-order valence-corrected chi connectivity index (χ1v) is 14.1. The molecule has 10 nitrogen and oxygen atoms in total. The molecule has 12 heteroatoms. The van der Waals surface area contributed by atoms with Crippen molar-refractivity contribution in [3.63, 3.8) is 0 Å². The number of carbonyl (C=O) groups is 1. The number of carbonyl (C=O) groups excluding carboxylic acids is 1. The maximum atomic E-state index is 12.3. The van der Waals surface area contributed by atoms with Crippen LogP contribution in [0.4, 0.5) is 20.9 Å². The number of aryl methyl sites for hydroxylation is 2. The Morgan fingerprint density at radius 2 is 1.98 bits per heavy atom. The molecule has 0 aliphatic carbocycles. The van der Waals surface area contributed by atoms with Crippen molar-refractivity contribution < 1.29 is 9.18 Å². The molecule has 40 heavy (non-hydrogen) atoms. The van der Waals surface area contributed by atoms with Crippen LogP contribution < -0.4 is 10.6 Å². The molecule has 1 aromatic carbocycles. The first-order valence-electron chi connectivity index (χ1n) is 13.3. The fraction of sp³-hybridized carbons (Fsp3) is 0.321. The number of hydrogen-bond acceptors (Lipinski definition) is 8. The van der Waals surface area contributed by atoms with Crippen LogP contribution in [0.5, 0.6) is 0 Å². The van der Waals surface area contributed by atoms with E-state index in [1.54, 1.807) is 6.07 Å². The Labute approximate surface area is 236 Å². The van der Waals surface area contributed by atoms with Gasteiger partial charge in [0.1, 0.15) is 10.8 Å². The van der Waals surface area contributed by atoms with Crippen molar-refractivity contribution in [3.8, 4) is 11.3 Å². The predicted octanol–water partition coefficient (Wildman–Crippen LogP) is 5.50. The van der Waals surface area contributed by atoms with E-state index in [1.807, 2.05) is 36.4 Å². The van der Waals surface area contributed by atoms with Gasteiger partial charge in [-0.1, -0.05) is 12.5 Å². The van der Waals surface area contributed by atoms with E-state index in [0.29, 0.717) is 12.1 Å². The molecule has 1 amide bonds. The summed E-state index contributed by atoms with van der Waals surface area (Å²) >= 11 is 1.48. The number of benzene rings is 1.